The van der Waals surface area contributed by atoms with E-state index < -0.39 is 0 Å². The number of hydrogen-bond acceptors (Lipinski definition) is 3. The van der Waals surface area contributed by atoms with Crippen molar-refractivity contribution < 1.29 is 0 Å². The van der Waals surface area contributed by atoms with E-state index in [1.165, 1.54) is 0 Å². The number of aromatic nitrogens is 1. The summed E-state index contributed by atoms with van der Waals surface area (Å²) >= 11 is 11.0. The van der Waals surface area contributed by atoms with Gasteiger partial charge in [0.05, 0.1) is 0 Å². The molecule has 0 amide bonds. The first kappa shape index (κ1) is 10.9. The van der Waals surface area contributed by atoms with E-state index in [0.29, 0.717) is 6.54 Å². The molecule has 0 atom stereocenters. The molecule has 0 bridgehead atoms. The molecule has 1 aromatic heterocycles. The van der Waals surface area contributed by atoms with E-state index in [4.69, 9.17) is 11.6 Å². The molecule has 0 aliphatic carbocycles. The Morgan fingerprint density at radius 3 is 3.00 bits per heavy atom. The van der Waals surface area contributed by atoms with Gasteiger partial charge in [0.15, 0.2) is 5.13 Å². The second-order valence-electron chi connectivity index (χ2n) is 2.93. The van der Waals surface area contributed by atoms with Gasteiger partial charge in [0, 0.05) is 27.6 Å². The van der Waals surface area contributed by atoms with Crippen molar-refractivity contribution in [1.82, 2.24) is 4.98 Å². The standard InChI is InChI=1S/C10H8BrClN2S/c11-8-2-1-7(9(12)5-8)6-14-10-13-3-4-15-10/h1-5H,6H2,(H,13,14). The fraction of sp³-hybridized carbons (Fsp3) is 0.100. The molecule has 0 aliphatic heterocycles. The second-order valence-corrected chi connectivity index (χ2v) is 5.14. The minimum absolute atomic E-state index is 0.694. The number of rotatable bonds is 3. The van der Waals surface area contributed by atoms with Crippen molar-refractivity contribution in [3.05, 3.63) is 44.8 Å². The predicted octanol–water partition coefficient (Wildman–Crippen LogP) is 4.17. The maximum Gasteiger partial charge on any atom is 0.182 e. The zero-order valence-electron chi connectivity index (χ0n) is 7.71. The van der Waals surface area contributed by atoms with E-state index in [0.717, 1.165) is 20.2 Å². The van der Waals surface area contributed by atoms with E-state index in [1.54, 1.807) is 17.5 Å². The third-order valence-corrected chi connectivity index (χ3v) is 3.45. The maximum atomic E-state index is 6.08. The van der Waals surface area contributed by atoms with Crippen LogP contribution in [0.4, 0.5) is 5.13 Å². The Kier molecular flexibility index (Phi) is 3.61. The van der Waals surface area contributed by atoms with Gasteiger partial charge in [-0.25, -0.2) is 4.98 Å². The SMILES string of the molecule is Clc1cc(Br)ccc1CNc1nccs1. The van der Waals surface area contributed by atoms with Crippen molar-refractivity contribution in [3.8, 4) is 0 Å². The molecule has 1 heterocycles. The third kappa shape index (κ3) is 2.93. The number of nitrogens with one attached hydrogen (secondary N) is 1. The van der Waals surface area contributed by atoms with Crippen molar-refractivity contribution in [3.63, 3.8) is 0 Å². The predicted molar refractivity (Wildman–Crippen MR) is 68.6 cm³/mol. The Balaban J connectivity index is 2.05. The Hall–Kier alpha value is -0.580. The van der Waals surface area contributed by atoms with Gasteiger partial charge >= 0.3 is 0 Å². The summed E-state index contributed by atoms with van der Waals surface area (Å²) in [6.07, 6.45) is 1.77. The Labute approximate surface area is 105 Å². The lowest BCUT2D eigenvalue weighted by atomic mass is 10.2. The van der Waals surface area contributed by atoms with E-state index in [2.05, 4.69) is 26.2 Å². The van der Waals surface area contributed by atoms with E-state index in [1.807, 2.05) is 23.6 Å². The lowest BCUT2D eigenvalue weighted by Gasteiger charge is -2.05. The largest absolute Gasteiger partial charge is 0.357 e. The maximum absolute atomic E-state index is 6.08. The lowest BCUT2D eigenvalue weighted by Crippen LogP contribution is -1.99. The molecule has 5 heteroatoms. The zero-order valence-corrected chi connectivity index (χ0v) is 10.9. The fourth-order valence-electron chi connectivity index (χ4n) is 1.15. The lowest BCUT2D eigenvalue weighted by molar-refractivity contribution is 1.13. The van der Waals surface area contributed by atoms with Crippen LogP contribution in [0.1, 0.15) is 5.56 Å². The molecule has 2 aromatic rings. The highest BCUT2D eigenvalue weighted by Crippen LogP contribution is 2.22. The smallest absolute Gasteiger partial charge is 0.182 e. The van der Waals surface area contributed by atoms with Crippen LogP contribution in [0.15, 0.2) is 34.2 Å². The zero-order chi connectivity index (χ0) is 10.7. The third-order valence-electron chi connectivity index (χ3n) is 1.88. The topological polar surface area (TPSA) is 24.9 Å². The van der Waals surface area contributed by atoms with Gasteiger partial charge < -0.3 is 5.32 Å². The molecule has 2 nitrogen and oxygen atoms in total. The van der Waals surface area contributed by atoms with Crippen LogP contribution in [0, 0.1) is 0 Å². The molecule has 0 spiro atoms. The minimum atomic E-state index is 0.694. The molecule has 0 saturated heterocycles. The summed E-state index contributed by atoms with van der Waals surface area (Å²) in [5.74, 6) is 0. The normalized spacial score (nSPS) is 10.3. The molecular formula is C10H8BrClN2S. The second kappa shape index (κ2) is 4.96. The van der Waals surface area contributed by atoms with Gasteiger partial charge in [0.1, 0.15) is 0 Å². The van der Waals surface area contributed by atoms with Crippen molar-refractivity contribution >= 4 is 44.0 Å². The Morgan fingerprint density at radius 1 is 1.47 bits per heavy atom. The molecule has 0 fully saturated rings. The Morgan fingerprint density at radius 2 is 2.33 bits per heavy atom. The number of benzene rings is 1. The highest BCUT2D eigenvalue weighted by atomic mass is 79.9. The number of anilines is 1. The van der Waals surface area contributed by atoms with Crippen LogP contribution in [0.5, 0.6) is 0 Å². The first-order chi connectivity index (χ1) is 7.25. The van der Waals surface area contributed by atoms with Crippen LogP contribution in [0.25, 0.3) is 0 Å². The molecule has 1 N–H and O–H groups in total. The molecule has 78 valence electrons. The molecule has 0 saturated carbocycles. The van der Waals surface area contributed by atoms with Crippen LogP contribution >= 0.6 is 38.9 Å². The first-order valence-corrected chi connectivity index (χ1v) is 6.38. The summed E-state index contributed by atoms with van der Waals surface area (Å²) < 4.78 is 0.991. The van der Waals surface area contributed by atoms with Gasteiger partial charge in [0.25, 0.3) is 0 Å². The number of halogens is 2. The van der Waals surface area contributed by atoms with Gasteiger partial charge in [-0.15, -0.1) is 11.3 Å². The summed E-state index contributed by atoms with van der Waals surface area (Å²) in [4.78, 5) is 4.13. The average Bonchev–Trinajstić information content (AvgIpc) is 2.69. The summed E-state index contributed by atoms with van der Waals surface area (Å²) in [5, 5.41) is 6.81. The number of nitrogens with zero attached hydrogens (tertiary/aromatic N) is 1. The summed E-state index contributed by atoms with van der Waals surface area (Å²) in [6.45, 7) is 0.694. The molecule has 0 unspecified atom stereocenters. The minimum Gasteiger partial charge on any atom is -0.357 e. The average molecular weight is 304 g/mol. The fourth-order valence-corrected chi connectivity index (χ4v) is 2.41. The van der Waals surface area contributed by atoms with Crippen molar-refractivity contribution in [1.29, 1.82) is 0 Å². The van der Waals surface area contributed by atoms with Gasteiger partial charge in [-0.2, -0.15) is 0 Å². The van der Waals surface area contributed by atoms with E-state index in [-0.39, 0.29) is 0 Å². The molecule has 1 aromatic carbocycles. The molecule has 15 heavy (non-hydrogen) atoms. The van der Waals surface area contributed by atoms with Crippen molar-refractivity contribution in [2.45, 2.75) is 6.54 Å². The van der Waals surface area contributed by atoms with Gasteiger partial charge in [-0.1, -0.05) is 33.6 Å². The van der Waals surface area contributed by atoms with Crippen LogP contribution in [0.2, 0.25) is 5.02 Å². The summed E-state index contributed by atoms with van der Waals surface area (Å²) in [6, 6.07) is 5.86. The number of hydrogen-bond donors (Lipinski definition) is 1. The van der Waals surface area contributed by atoms with Crippen LogP contribution in [-0.4, -0.2) is 4.98 Å². The van der Waals surface area contributed by atoms with Crippen LogP contribution in [-0.2, 0) is 6.54 Å². The highest BCUT2D eigenvalue weighted by Gasteiger charge is 2.01. The molecule has 2 rings (SSSR count). The molecular weight excluding hydrogens is 296 g/mol. The first-order valence-electron chi connectivity index (χ1n) is 4.33. The van der Waals surface area contributed by atoms with Crippen LogP contribution < -0.4 is 5.32 Å². The monoisotopic (exact) mass is 302 g/mol. The van der Waals surface area contributed by atoms with Gasteiger partial charge in [0.2, 0.25) is 0 Å². The van der Waals surface area contributed by atoms with Crippen molar-refractivity contribution in [2.24, 2.45) is 0 Å². The quantitative estimate of drug-likeness (QED) is 0.920. The molecule has 0 aliphatic rings. The van der Waals surface area contributed by atoms with E-state index in [9.17, 15) is 0 Å². The summed E-state index contributed by atoms with van der Waals surface area (Å²) in [7, 11) is 0. The van der Waals surface area contributed by atoms with Crippen molar-refractivity contribution in [2.75, 3.05) is 5.32 Å². The van der Waals surface area contributed by atoms with Crippen LogP contribution in [0.3, 0.4) is 0 Å². The number of thiazole rings is 1. The highest BCUT2D eigenvalue weighted by molar-refractivity contribution is 9.10. The summed E-state index contributed by atoms with van der Waals surface area (Å²) in [5.41, 5.74) is 1.06. The molecule has 0 radical (unpaired) electrons. The van der Waals surface area contributed by atoms with Gasteiger partial charge in [-0.3, -0.25) is 0 Å². The van der Waals surface area contributed by atoms with E-state index >= 15 is 0 Å². The van der Waals surface area contributed by atoms with Gasteiger partial charge in [-0.05, 0) is 17.7 Å². The Bertz CT molecular complexity index is 445.